The first kappa shape index (κ1) is 15.0. The summed E-state index contributed by atoms with van der Waals surface area (Å²) < 4.78 is 0. The molecular weight excluding hydrogens is 292 g/mol. The van der Waals surface area contributed by atoms with Gasteiger partial charge < -0.3 is 5.32 Å². The van der Waals surface area contributed by atoms with Gasteiger partial charge in [-0.2, -0.15) is 0 Å². The summed E-state index contributed by atoms with van der Waals surface area (Å²) in [6, 6.07) is 8.16. The van der Waals surface area contributed by atoms with Crippen LogP contribution < -0.4 is 5.32 Å². The van der Waals surface area contributed by atoms with Crippen molar-refractivity contribution in [2.75, 3.05) is 0 Å². The van der Waals surface area contributed by atoms with Gasteiger partial charge in [-0.25, -0.2) is 4.98 Å². The van der Waals surface area contributed by atoms with E-state index in [1.165, 1.54) is 22.5 Å². The van der Waals surface area contributed by atoms with E-state index >= 15 is 0 Å². The maximum absolute atomic E-state index is 11.9. The van der Waals surface area contributed by atoms with Crippen molar-refractivity contribution in [3.8, 4) is 0 Å². The van der Waals surface area contributed by atoms with Gasteiger partial charge in [0.15, 0.2) is 0 Å². The number of carbonyl (C=O) groups excluding carboxylic acids is 1. The number of aryl methyl sites for hydroxylation is 1. The molecule has 1 amide bonds. The van der Waals surface area contributed by atoms with Crippen LogP contribution in [-0.2, 0) is 30.1 Å². The van der Waals surface area contributed by atoms with Crippen LogP contribution in [0.4, 0.5) is 0 Å². The lowest BCUT2D eigenvalue weighted by molar-refractivity contribution is -0.120. The number of alkyl halides is 1. The Morgan fingerprint density at radius 2 is 2.10 bits per heavy atom. The Morgan fingerprint density at radius 3 is 2.75 bits per heavy atom. The monoisotopic (exact) mass is 308 g/mol. The fourth-order valence-electron chi connectivity index (χ4n) is 1.96. The minimum atomic E-state index is -0.00798. The predicted molar refractivity (Wildman–Crippen MR) is 83.0 cm³/mol. The van der Waals surface area contributed by atoms with E-state index in [1.807, 2.05) is 23.6 Å². The predicted octanol–water partition coefficient (Wildman–Crippen LogP) is 3.30. The summed E-state index contributed by atoms with van der Waals surface area (Å²) >= 11 is 7.17. The zero-order valence-corrected chi connectivity index (χ0v) is 12.9. The molecule has 106 valence electrons. The molecule has 0 spiro atoms. The van der Waals surface area contributed by atoms with E-state index in [4.69, 9.17) is 11.6 Å². The van der Waals surface area contributed by atoms with E-state index in [0.717, 1.165) is 17.1 Å². The number of hydrogen-bond donors (Lipinski definition) is 1. The van der Waals surface area contributed by atoms with E-state index in [0.29, 0.717) is 18.8 Å². The number of nitrogens with one attached hydrogen (secondary N) is 1. The first-order valence-electron chi connectivity index (χ1n) is 6.55. The number of thiazole rings is 1. The van der Waals surface area contributed by atoms with Crippen LogP contribution in [-0.4, -0.2) is 10.9 Å². The molecule has 0 atom stereocenters. The average Bonchev–Trinajstić information content (AvgIpc) is 2.93. The highest BCUT2D eigenvalue weighted by Crippen LogP contribution is 2.13. The average molecular weight is 309 g/mol. The molecule has 0 saturated heterocycles. The van der Waals surface area contributed by atoms with Gasteiger partial charge in [0.2, 0.25) is 5.91 Å². The van der Waals surface area contributed by atoms with Crippen molar-refractivity contribution < 1.29 is 4.79 Å². The summed E-state index contributed by atoms with van der Waals surface area (Å²) in [7, 11) is 0. The van der Waals surface area contributed by atoms with Crippen molar-refractivity contribution in [2.45, 2.75) is 32.2 Å². The lowest BCUT2D eigenvalue weighted by atomic mass is 10.1. The summed E-state index contributed by atoms with van der Waals surface area (Å²) in [5.74, 6) is 0.383. The number of rotatable bonds is 6. The summed E-state index contributed by atoms with van der Waals surface area (Å²) in [5, 5.41) is 5.64. The molecule has 3 nitrogen and oxygen atoms in total. The Morgan fingerprint density at radius 1 is 1.35 bits per heavy atom. The molecule has 0 aliphatic carbocycles. The molecule has 5 heteroatoms. The molecule has 1 heterocycles. The van der Waals surface area contributed by atoms with E-state index < -0.39 is 0 Å². The number of nitrogens with zero attached hydrogens (tertiary/aromatic N) is 1. The van der Waals surface area contributed by atoms with Gasteiger partial charge in [0.25, 0.3) is 0 Å². The molecule has 0 unspecified atom stereocenters. The van der Waals surface area contributed by atoms with Crippen molar-refractivity contribution in [3.63, 3.8) is 0 Å². The standard InChI is InChI=1S/C15H17ClN2OS/c1-2-11-5-3-4-6-12(11)9-17-14(19)7-15-18-13(8-16)10-20-15/h3-6,10H,2,7-9H2,1H3,(H,17,19). The summed E-state index contributed by atoms with van der Waals surface area (Å²) in [6.45, 7) is 2.68. The van der Waals surface area contributed by atoms with Crippen LogP contribution in [0, 0.1) is 0 Å². The summed E-state index contributed by atoms with van der Waals surface area (Å²) in [6.07, 6.45) is 1.29. The minimum Gasteiger partial charge on any atom is -0.352 e. The molecule has 20 heavy (non-hydrogen) atoms. The van der Waals surface area contributed by atoms with Crippen LogP contribution in [0.15, 0.2) is 29.6 Å². The van der Waals surface area contributed by atoms with Crippen molar-refractivity contribution in [1.29, 1.82) is 0 Å². The van der Waals surface area contributed by atoms with Crippen molar-refractivity contribution in [2.24, 2.45) is 0 Å². The van der Waals surface area contributed by atoms with Crippen LogP contribution in [0.2, 0.25) is 0 Å². The Kier molecular flexibility index (Phi) is 5.56. The van der Waals surface area contributed by atoms with E-state index in [-0.39, 0.29) is 5.91 Å². The highest BCUT2D eigenvalue weighted by Gasteiger charge is 2.08. The van der Waals surface area contributed by atoms with Gasteiger partial charge in [-0.15, -0.1) is 22.9 Å². The third-order valence-electron chi connectivity index (χ3n) is 3.02. The Bertz CT molecular complexity index is 583. The third-order valence-corrected chi connectivity index (χ3v) is 4.19. The highest BCUT2D eigenvalue weighted by atomic mass is 35.5. The Balaban J connectivity index is 1.88. The maximum Gasteiger partial charge on any atom is 0.227 e. The van der Waals surface area contributed by atoms with Crippen molar-refractivity contribution in [3.05, 3.63) is 51.5 Å². The minimum absolute atomic E-state index is 0.00798. The molecule has 0 radical (unpaired) electrons. The quantitative estimate of drug-likeness (QED) is 0.832. The van der Waals surface area contributed by atoms with E-state index in [2.05, 4.69) is 23.3 Å². The molecule has 0 aliphatic heterocycles. The van der Waals surface area contributed by atoms with Gasteiger partial charge in [-0.3, -0.25) is 4.79 Å². The molecule has 2 rings (SSSR count). The molecular formula is C15H17ClN2OS. The number of halogens is 1. The molecule has 0 aliphatic rings. The fourth-order valence-corrected chi connectivity index (χ4v) is 2.98. The second-order valence-electron chi connectivity index (χ2n) is 4.44. The Hall–Kier alpha value is -1.39. The second kappa shape index (κ2) is 7.41. The van der Waals surface area contributed by atoms with Gasteiger partial charge in [-0.1, -0.05) is 31.2 Å². The highest BCUT2D eigenvalue weighted by molar-refractivity contribution is 7.09. The van der Waals surface area contributed by atoms with E-state index in [9.17, 15) is 4.79 Å². The molecule has 1 aromatic heterocycles. The molecule has 0 fully saturated rings. The van der Waals surface area contributed by atoms with Crippen LogP contribution in [0.25, 0.3) is 0 Å². The number of aromatic nitrogens is 1. The first-order valence-corrected chi connectivity index (χ1v) is 7.97. The molecule has 1 aromatic carbocycles. The van der Waals surface area contributed by atoms with Gasteiger partial charge in [0.1, 0.15) is 5.01 Å². The zero-order chi connectivity index (χ0) is 14.4. The van der Waals surface area contributed by atoms with Crippen LogP contribution in [0.3, 0.4) is 0 Å². The SMILES string of the molecule is CCc1ccccc1CNC(=O)Cc1nc(CCl)cs1. The number of carbonyl (C=O) groups is 1. The van der Waals surface area contributed by atoms with E-state index in [1.54, 1.807) is 0 Å². The maximum atomic E-state index is 11.9. The second-order valence-corrected chi connectivity index (χ2v) is 5.65. The lowest BCUT2D eigenvalue weighted by Crippen LogP contribution is -2.25. The smallest absolute Gasteiger partial charge is 0.227 e. The molecule has 0 bridgehead atoms. The summed E-state index contributed by atoms with van der Waals surface area (Å²) in [4.78, 5) is 16.2. The van der Waals surface area contributed by atoms with Crippen molar-refractivity contribution >= 4 is 28.8 Å². The van der Waals surface area contributed by atoms with Crippen LogP contribution in [0.1, 0.15) is 28.8 Å². The molecule has 0 saturated carbocycles. The molecule has 1 N–H and O–H groups in total. The van der Waals surface area contributed by atoms with Gasteiger partial charge in [-0.05, 0) is 17.5 Å². The lowest BCUT2D eigenvalue weighted by Gasteiger charge is -2.08. The number of amides is 1. The van der Waals surface area contributed by atoms with Crippen molar-refractivity contribution in [1.82, 2.24) is 10.3 Å². The third kappa shape index (κ3) is 4.05. The number of benzene rings is 1. The normalized spacial score (nSPS) is 10.5. The zero-order valence-electron chi connectivity index (χ0n) is 11.4. The van der Waals surface area contributed by atoms with Gasteiger partial charge in [0, 0.05) is 11.9 Å². The van der Waals surface area contributed by atoms with Gasteiger partial charge >= 0.3 is 0 Å². The van der Waals surface area contributed by atoms with Crippen LogP contribution in [0.5, 0.6) is 0 Å². The number of hydrogen-bond acceptors (Lipinski definition) is 3. The van der Waals surface area contributed by atoms with Gasteiger partial charge in [0.05, 0.1) is 18.0 Å². The Labute approximate surface area is 128 Å². The first-order chi connectivity index (χ1) is 9.72. The largest absolute Gasteiger partial charge is 0.352 e. The fraction of sp³-hybridized carbons (Fsp3) is 0.333. The summed E-state index contributed by atoms with van der Waals surface area (Å²) in [5.41, 5.74) is 3.27. The van der Waals surface area contributed by atoms with Crippen LogP contribution >= 0.6 is 22.9 Å². The topological polar surface area (TPSA) is 42.0 Å². The molecule has 2 aromatic rings.